The first kappa shape index (κ1) is 20.8. The molecule has 1 aromatic rings. The molecule has 0 spiro atoms. The minimum absolute atomic E-state index is 0.0716. The molecule has 0 heterocycles. The molecule has 1 amide bonds. The van der Waals surface area contributed by atoms with Crippen LogP contribution in [0.5, 0.6) is 5.75 Å². The zero-order valence-electron chi connectivity index (χ0n) is 19.1. The van der Waals surface area contributed by atoms with Crippen molar-refractivity contribution in [3.63, 3.8) is 0 Å². The number of methoxy groups -OCH3 is 1. The summed E-state index contributed by atoms with van der Waals surface area (Å²) in [7, 11) is 1.65. The molecule has 4 heteroatoms. The number of carbonyl (C=O) groups is 2. The maximum atomic E-state index is 13.4. The van der Waals surface area contributed by atoms with Crippen LogP contribution in [-0.2, 0) is 9.59 Å². The van der Waals surface area contributed by atoms with E-state index in [0.717, 1.165) is 43.5 Å². The van der Waals surface area contributed by atoms with Crippen molar-refractivity contribution in [1.29, 1.82) is 0 Å². The Morgan fingerprint density at radius 3 is 2.71 bits per heavy atom. The average molecular weight is 422 g/mol. The van der Waals surface area contributed by atoms with Gasteiger partial charge in [0.05, 0.1) is 7.11 Å². The highest BCUT2D eigenvalue weighted by Crippen LogP contribution is 2.66. The van der Waals surface area contributed by atoms with Crippen LogP contribution in [0.3, 0.4) is 0 Å². The number of benzene rings is 1. The van der Waals surface area contributed by atoms with Crippen molar-refractivity contribution in [2.75, 3.05) is 12.4 Å². The summed E-state index contributed by atoms with van der Waals surface area (Å²) in [6, 6.07) is 7.65. The SMILES string of the molecule is COc1cccc(NC(=O)C2CC[C@H]3[C@@H]4CCC5=CC(=O)CC[C@]5(C)[C@@H]4CC[C@]23C)c1. The molecular formula is C27H35NO3. The molecule has 0 aromatic heterocycles. The van der Waals surface area contributed by atoms with Crippen LogP contribution >= 0.6 is 0 Å². The van der Waals surface area contributed by atoms with E-state index in [1.165, 1.54) is 18.4 Å². The van der Waals surface area contributed by atoms with E-state index in [-0.39, 0.29) is 22.7 Å². The lowest BCUT2D eigenvalue weighted by Crippen LogP contribution is -2.51. The molecule has 4 aliphatic carbocycles. The average Bonchev–Trinajstić information content (AvgIpc) is 3.11. The van der Waals surface area contributed by atoms with Gasteiger partial charge in [-0.05, 0) is 91.7 Å². The molecule has 4 nitrogen and oxygen atoms in total. The molecule has 166 valence electrons. The maximum Gasteiger partial charge on any atom is 0.228 e. The molecule has 1 N–H and O–H groups in total. The Morgan fingerprint density at radius 1 is 1.06 bits per heavy atom. The van der Waals surface area contributed by atoms with Gasteiger partial charge >= 0.3 is 0 Å². The molecule has 0 radical (unpaired) electrons. The first-order valence-corrected chi connectivity index (χ1v) is 12.0. The molecule has 0 bridgehead atoms. The van der Waals surface area contributed by atoms with Crippen molar-refractivity contribution < 1.29 is 14.3 Å². The number of hydrogen-bond acceptors (Lipinski definition) is 3. The predicted molar refractivity (Wildman–Crippen MR) is 122 cm³/mol. The van der Waals surface area contributed by atoms with Crippen molar-refractivity contribution in [2.45, 2.75) is 65.2 Å². The smallest absolute Gasteiger partial charge is 0.228 e. The van der Waals surface area contributed by atoms with Crippen LogP contribution in [0.25, 0.3) is 0 Å². The van der Waals surface area contributed by atoms with Crippen LogP contribution in [0.1, 0.15) is 65.2 Å². The number of hydrogen-bond donors (Lipinski definition) is 1. The summed E-state index contributed by atoms with van der Waals surface area (Å²) in [4.78, 5) is 25.4. The van der Waals surface area contributed by atoms with Crippen molar-refractivity contribution in [3.05, 3.63) is 35.9 Å². The number of ether oxygens (including phenoxy) is 1. The monoisotopic (exact) mass is 421 g/mol. The van der Waals surface area contributed by atoms with Crippen LogP contribution in [0, 0.1) is 34.5 Å². The zero-order valence-corrected chi connectivity index (χ0v) is 19.1. The quantitative estimate of drug-likeness (QED) is 0.673. The van der Waals surface area contributed by atoms with Gasteiger partial charge in [0.15, 0.2) is 5.78 Å². The Morgan fingerprint density at radius 2 is 1.90 bits per heavy atom. The summed E-state index contributed by atoms with van der Waals surface area (Å²) in [5.41, 5.74) is 2.50. The van der Waals surface area contributed by atoms with E-state index in [9.17, 15) is 9.59 Å². The third-order valence-electron chi connectivity index (χ3n) is 9.62. The molecule has 0 aliphatic heterocycles. The van der Waals surface area contributed by atoms with Gasteiger partial charge in [-0.25, -0.2) is 0 Å². The summed E-state index contributed by atoms with van der Waals surface area (Å²) in [5, 5.41) is 3.18. The van der Waals surface area contributed by atoms with Crippen LogP contribution in [0.2, 0.25) is 0 Å². The third kappa shape index (κ3) is 3.25. The van der Waals surface area contributed by atoms with Crippen LogP contribution in [0.15, 0.2) is 35.9 Å². The van der Waals surface area contributed by atoms with Crippen molar-refractivity contribution >= 4 is 17.4 Å². The van der Waals surface area contributed by atoms with Crippen LogP contribution < -0.4 is 10.1 Å². The maximum absolute atomic E-state index is 13.4. The van der Waals surface area contributed by atoms with Gasteiger partial charge < -0.3 is 10.1 Å². The summed E-state index contributed by atoms with van der Waals surface area (Å²) in [5.74, 6) is 3.29. The van der Waals surface area contributed by atoms with Gasteiger partial charge in [0, 0.05) is 24.1 Å². The normalized spacial score (nSPS) is 39.1. The van der Waals surface area contributed by atoms with E-state index in [0.29, 0.717) is 30.0 Å². The second kappa shape index (κ2) is 7.50. The fourth-order valence-corrected chi connectivity index (χ4v) is 7.92. The van der Waals surface area contributed by atoms with E-state index in [4.69, 9.17) is 4.74 Å². The summed E-state index contributed by atoms with van der Waals surface area (Å²) in [6.45, 7) is 4.81. The van der Waals surface area contributed by atoms with Crippen molar-refractivity contribution in [3.8, 4) is 5.75 Å². The van der Waals surface area contributed by atoms with Gasteiger partial charge in [0.1, 0.15) is 5.75 Å². The third-order valence-corrected chi connectivity index (χ3v) is 9.62. The lowest BCUT2D eigenvalue weighted by atomic mass is 9.47. The number of rotatable bonds is 3. The van der Waals surface area contributed by atoms with Gasteiger partial charge in [-0.1, -0.05) is 25.5 Å². The number of nitrogens with one attached hydrogen (secondary N) is 1. The largest absolute Gasteiger partial charge is 0.497 e. The molecule has 1 unspecified atom stereocenters. The number of carbonyl (C=O) groups excluding carboxylic acids is 2. The molecule has 0 saturated heterocycles. The molecule has 4 aliphatic rings. The number of ketones is 1. The standard InChI is InChI=1S/C27H35NO3/c1-26-13-11-19(29)15-17(26)7-8-21-22-9-10-24(27(22,2)14-12-23(21)26)25(30)28-18-5-4-6-20(16-18)31-3/h4-6,15-16,21-24H,7-14H2,1-3H3,(H,28,30)/t21-,22-,23+,24?,26-,27-/m0/s1. The van der Waals surface area contributed by atoms with Gasteiger partial charge in [-0.3, -0.25) is 9.59 Å². The van der Waals surface area contributed by atoms with Crippen LogP contribution in [0.4, 0.5) is 5.69 Å². The van der Waals surface area contributed by atoms with Crippen LogP contribution in [-0.4, -0.2) is 18.8 Å². The zero-order chi connectivity index (χ0) is 21.8. The lowest BCUT2D eigenvalue weighted by molar-refractivity contribution is -0.127. The molecule has 1 aromatic carbocycles. The number of anilines is 1. The molecular weight excluding hydrogens is 386 g/mol. The highest BCUT2D eigenvalue weighted by molar-refractivity contribution is 5.93. The Hall–Kier alpha value is -2.10. The molecule has 31 heavy (non-hydrogen) atoms. The predicted octanol–water partition coefficient (Wildman–Crippen LogP) is 5.78. The van der Waals surface area contributed by atoms with Crippen molar-refractivity contribution in [2.24, 2.45) is 34.5 Å². The van der Waals surface area contributed by atoms with E-state index in [1.54, 1.807) is 7.11 Å². The highest BCUT2D eigenvalue weighted by Gasteiger charge is 2.60. The first-order chi connectivity index (χ1) is 14.8. The van der Waals surface area contributed by atoms with Gasteiger partial charge in [-0.15, -0.1) is 0 Å². The molecule has 6 atom stereocenters. The Labute approximate surface area is 185 Å². The van der Waals surface area contributed by atoms with E-state index in [2.05, 4.69) is 19.2 Å². The minimum Gasteiger partial charge on any atom is -0.497 e. The molecule has 3 fully saturated rings. The first-order valence-electron chi connectivity index (χ1n) is 12.0. The van der Waals surface area contributed by atoms with Gasteiger partial charge in [0.25, 0.3) is 0 Å². The molecule has 5 rings (SSSR count). The topological polar surface area (TPSA) is 55.4 Å². The summed E-state index contributed by atoms with van der Waals surface area (Å²) < 4.78 is 5.31. The number of allylic oxidation sites excluding steroid dienone is 1. The lowest BCUT2D eigenvalue weighted by Gasteiger charge is -2.58. The Bertz CT molecular complexity index is 936. The van der Waals surface area contributed by atoms with E-state index in [1.807, 2.05) is 30.3 Å². The fraction of sp³-hybridized carbons (Fsp3) is 0.630. The fourth-order valence-electron chi connectivity index (χ4n) is 7.92. The van der Waals surface area contributed by atoms with Gasteiger partial charge in [0.2, 0.25) is 5.91 Å². The number of amides is 1. The number of fused-ring (bicyclic) bond motifs is 5. The molecule has 3 saturated carbocycles. The van der Waals surface area contributed by atoms with E-state index < -0.39 is 0 Å². The Balaban J connectivity index is 1.36. The Kier molecular flexibility index (Phi) is 5.02. The second-order valence-corrected chi connectivity index (χ2v) is 10.9. The summed E-state index contributed by atoms with van der Waals surface area (Å²) >= 11 is 0. The van der Waals surface area contributed by atoms with Crippen molar-refractivity contribution in [1.82, 2.24) is 0 Å². The minimum atomic E-state index is 0.0716. The second-order valence-electron chi connectivity index (χ2n) is 10.9. The van der Waals surface area contributed by atoms with Gasteiger partial charge in [-0.2, -0.15) is 0 Å². The highest BCUT2D eigenvalue weighted by atomic mass is 16.5. The summed E-state index contributed by atoms with van der Waals surface area (Å²) in [6.07, 6.45) is 10.4. The van der Waals surface area contributed by atoms with E-state index >= 15 is 0 Å².